The summed E-state index contributed by atoms with van der Waals surface area (Å²) in [5, 5.41) is 0. The molecule has 3 rings (SSSR count). The fraction of sp³-hybridized carbons (Fsp3) is 0.381. The minimum atomic E-state index is -0.508. The number of hydrogen-bond donors (Lipinski definition) is 0. The van der Waals surface area contributed by atoms with Gasteiger partial charge in [-0.1, -0.05) is 36.4 Å². The minimum Gasteiger partial charge on any atom is -0.491 e. The molecule has 1 amide bonds. The molecule has 1 aliphatic rings. The van der Waals surface area contributed by atoms with Gasteiger partial charge in [-0.3, -0.25) is 0 Å². The SMILES string of the molecule is CSc1ccccc1-c1cccc2c1OCCN(C(=O)OC(C)(C)C)C2. The van der Waals surface area contributed by atoms with Crippen LogP contribution in [0.4, 0.5) is 4.79 Å². The van der Waals surface area contributed by atoms with Crippen LogP contribution in [0.2, 0.25) is 0 Å². The van der Waals surface area contributed by atoms with E-state index in [0.717, 1.165) is 22.4 Å². The summed E-state index contributed by atoms with van der Waals surface area (Å²) in [5.74, 6) is 0.861. The number of amides is 1. The smallest absolute Gasteiger partial charge is 0.410 e. The highest BCUT2D eigenvalue weighted by molar-refractivity contribution is 7.98. The van der Waals surface area contributed by atoms with E-state index < -0.39 is 5.60 Å². The lowest BCUT2D eigenvalue weighted by Crippen LogP contribution is -2.37. The molecule has 138 valence electrons. The molecule has 0 radical (unpaired) electrons. The van der Waals surface area contributed by atoms with E-state index in [4.69, 9.17) is 9.47 Å². The number of para-hydroxylation sites is 1. The lowest BCUT2D eigenvalue weighted by molar-refractivity contribution is 0.0225. The number of carbonyl (C=O) groups excluding carboxylic acids is 1. The lowest BCUT2D eigenvalue weighted by Gasteiger charge is -2.26. The zero-order valence-electron chi connectivity index (χ0n) is 15.7. The molecule has 0 aromatic heterocycles. The van der Waals surface area contributed by atoms with E-state index in [0.29, 0.717) is 19.7 Å². The summed E-state index contributed by atoms with van der Waals surface area (Å²) in [6.07, 6.45) is 1.77. The molecule has 0 bridgehead atoms. The van der Waals surface area contributed by atoms with Crippen molar-refractivity contribution < 1.29 is 14.3 Å². The van der Waals surface area contributed by atoms with Crippen LogP contribution in [0.25, 0.3) is 11.1 Å². The van der Waals surface area contributed by atoms with Crippen molar-refractivity contribution in [1.82, 2.24) is 4.90 Å². The predicted molar refractivity (Wildman–Crippen MR) is 106 cm³/mol. The molecule has 26 heavy (non-hydrogen) atoms. The molecule has 1 heterocycles. The molecule has 0 saturated heterocycles. The Labute approximate surface area is 159 Å². The van der Waals surface area contributed by atoms with Crippen molar-refractivity contribution in [1.29, 1.82) is 0 Å². The molecule has 5 heteroatoms. The van der Waals surface area contributed by atoms with Crippen LogP contribution >= 0.6 is 11.8 Å². The maximum atomic E-state index is 12.5. The number of nitrogens with zero attached hydrogens (tertiary/aromatic N) is 1. The molecule has 0 atom stereocenters. The topological polar surface area (TPSA) is 38.8 Å². The first-order valence-corrected chi connectivity index (χ1v) is 9.97. The number of benzene rings is 2. The van der Waals surface area contributed by atoms with E-state index in [1.165, 1.54) is 4.90 Å². The number of fused-ring (bicyclic) bond motifs is 1. The highest BCUT2D eigenvalue weighted by Gasteiger charge is 2.26. The zero-order chi connectivity index (χ0) is 18.7. The van der Waals surface area contributed by atoms with Gasteiger partial charge in [0.1, 0.15) is 18.0 Å². The van der Waals surface area contributed by atoms with Crippen molar-refractivity contribution in [3.63, 3.8) is 0 Å². The van der Waals surface area contributed by atoms with Gasteiger partial charge in [-0.2, -0.15) is 0 Å². The first-order chi connectivity index (χ1) is 12.4. The van der Waals surface area contributed by atoms with E-state index in [-0.39, 0.29) is 6.09 Å². The largest absolute Gasteiger partial charge is 0.491 e. The molecule has 0 saturated carbocycles. The van der Waals surface area contributed by atoms with Crippen LogP contribution in [-0.2, 0) is 11.3 Å². The molecule has 0 spiro atoms. The molecule has 0 N–H and O–H groups in total. The van der Waals surface area contributed by atoms with Crippen molar-refractivity contribution in [3.8, 4) is 16.9 Å². The fourth-order valence-electron chi connectivity index (χ4n) is 2.98. The number of rotatable bonds is 2. The molecule has 2 aromatic carbocycles. The highest BCUT2D eigenvalue weighted by atomic mass is 32.2. The van der Waals surface area contributed by atoms with E-state index in [1.54, 1.807) is 16.7 Å². The summed E-state index contributed by atoms with van der Waals surface area (Å²) in [7, 11) is 0. The Kier molecular flexibility index (Phi) is 5.47. The lowest BCUT2D eigenvalue weighted by atomic mass is 10.0. The average molecular weight is 372 g/mol. The van der Waals surface area contributed by atoms with Crippen molar-refractivity contribution in [2.75, 3.05) is 19.4 Å². The summed E-state index contributed by atoms with van der Waals surface area (Å²) >= 11 is 1.72. The summed E-state index contributed by atoms with van der Waals surface area (Å²) in [6.45, 7) is 7.08. The second kappa shape index (κ2) is 7.62. The summed E-state index contributed by atoms with van der Waals surface area (Å²) in [5.41, 5.74) is 2.72. The van der Waals surface area contributed by atoms with Crippen molar-refractivity contribution >= 4 is 17.9 Å². The Morgan fingerprint density at radius 2 is 1.85 bits per heavy atom. The summed E-state index contributed by atoms with van der Waals surface area (Å²) < 4.78 is 11.6. The monoisotopic (exact) mass is 371 g/mol. The third-order valence-electron chi connectivity index (χ3n) is 4.11. The first-order valence-electron chi connectivity index (χ1n) is 8.75. The highest BCUT2D eigenvalue weighted by Crippen LogP contribution is 2.39. The van der Waals surface area contributed by atoms with Crippen LogP contribution in [0.1, 0.15) is 26.3 Å². The molecule has 1 aliphatic heterocycles. The van der Waals surface area contributed by atoms with Gasteiger partial charge in [-0.25, -0.2) is 4.79 Å². The van der Waals surface area contributed by atoms with Crippen molar-refractivity contribution in [2.24, 2.45) is 0 Å². The number of thioether (sulfide) groups is 1. The van der Waals surface area contributed by atoms with Crippen molar-refractivity contribution in [3.05, 3.63) is 48.0 Å². The Hall–Kier alpha value is -2.14. The van der Waals surface area contributed by atoms with E-state index in [2.05, 4.69) is 24.5 Å². The zero-order valence-corrected chi connectivity index (χ0v) is 16.6. The van der Waals surface area contributed by atoms with Gasteiger partial charge in [-0.15, -0.1) is 11.8 Å². The van der Waals surface area contributed by atoms with Crippen molar-refractivity contribution in [2.45, 2.75) is 37.8 Å². The van der Waals surface area contributed by atoms with Gasteiger partial charge in [0.2, 0.25) is 0 Å². The third-order valence-corrected chi connectivity index (χ3v) is 4.91. The molecular formula is C21H25NO3S. The Bertz CT molecular complexity index is 798. The maximum Gasteiger partial charge on any atom is 0.410 e. The Morgan fingerprint density at radius 1 is 1.12 bits per heavy atom. The second-order valence-electron chi connectivity index (χ2n) is 7.24. The van der Waals surface area contributed by atoms with Gasteiger partial charge in [0.05, 0.1) is 13.1 Å². The van der Waals surface area contributed by atoms with Crippen LogP contribution in [0.15, 0.2) is 47.4 Å². The van der Waals surface area contributed by atoms with Crippen LogP contribution in [-0.4, -0.2) is 36.0 Å². The van der Waals surface area contributed by atoms with Crippen LogP contribution < -0.4 is 4.74 Å². The average Bonchev–Trinajstić information content (AvgIpc) is 2.82. The second-order valence-corrected chi connectivity index (χ2v) is 8.09. The van der Waals surface area contributed by atoms with E-state index in [1.807, 2.05) is 45.0 Å². The molecule has 0 unspecified atom stereocenters. The van der Waals surface area contributed by atoms with Gasteiger partial charge < -0.3 is 14.4 Å². The standard InChI is InChI=1S/C21H25NO3S/c1-21(2,3)25-20(23)22-12-13-24-19-15(14-22)8-7-10-17(19)16-9-5-6-11-18(16)26-4/h5-11H,12-14H2,1-4H3. The van der Waals surface area contributed by atoms with Gasteiger partial charge >= 0.3 is 6.09 Å². The van der Waals surface area contributed by atoms with E-state index >= 15 is 0 Å². The normalized spacial score (nSPS) is 14.2. The van der Waals surface area contributed by atoms with Gasteiger partial charge in [0.15, 0.2) is 0 Å². The van der Waals surface area contributed by atoms with Crippen LogP contribution in [0.5, 0.6) is 5.75 Å². The predicted octanol–water partition coefficient (Wildman–Crippen LogP) is 5.21. The first kappa shape index (κ1) is 18.6. The summed E-state index contributed by atoms with van der Waals surface area (Å²) in [4.78, 5) is 15.4. The maximum absolute atomic E-state index is 12.5. The molecule has 4 nitrogen and oxygen atoms in total. The molecule has 2 aromatic rings. The van der Waals surface area contributed by atoms with Gasteiger partial charge in [0, 0.05) is 16.0 Å². The van der Waals surface area contributed by atoms with Crippen LogP contribution in [0.3, 0.4) is 0 Å². The molecular weight excluding hydrogens is 346 g/mol. The minimum absolute atomic E-state index is 0.302. The number of ether oxygens (including phenoxy) is 2. The molecule has 0 aliphatic carbocycles. The Morgan fingerprint density at radius 3 is 2.58 bits per heavy atom. The van der Waals surface area contributed by atoms with Gasteiger partial charge in [0.25, 0.3) is 0 Å². The van der Waals surface area contributed by atoms with Crippen LogP contribution in [0, 0.1) is 0 Å². The number of hydrogen-bond acceptors (Lipinski definition) is 4. The quantitative estimate of drug-likeness (QED) is 0.680. The summed E-state index contributed by atoms with van der Waals surface area (Å²) in [6, 6.07) is 14.4. The Balaban J connectivity index is 1.94. The van der Waals surface area contributed by atoms with Gasteiger partial charge in [-0.05, 0) is 38.7 Å². The third kappa shape index (κ3) is 4.15. The molecule has 0 fully saturated rings. The fourth-order valence-corrected chi connectivity index (χ4v) is 3.60. The number of carbonyl (C=O) groups is 1. The van der Waals surface area contributed by atoms with E-state index in [9.17, 15) is 4.79 Å².